The van der Waals surface area contributed by atoms with Crippen LogP contribution in [0.1, 0.15) is 37.5 Å². The zero-order chi connectivity index (χ0) is 13.2. The van der Waals surface area contributed by atoms with Gasteiger partial charge in [0.15, 0.2) is 5.82 Å². The maximum Gasteiger partial charge on any atom is 0.158 e. The van der Waals surface area contributed by atoms with Crippen LogP contribution in [0.4, 0.5) is 0 Å². The van der Waals surface area contributed by atoms with Crippen molar-refractivity contribution in [2.45, 2.75) is 38.6 Å². The average molecular weight is 257 g/mol. The van der Waals surface area contributed by atoms with Gasteiger partial charge in [-0.05, 0) is 44.0 Å². The second-order valence-electron chi connectivity index (χ2n) is 5.09. The molecule has 0 unspecified atom stereocenters. The van der Waals surface area contributed by atoms with Crippen molar-refractivity contribution >= 4 is 0 Å². The minimum absolute atomic E-state index is 0.512. The highest BCUT2D eigenvalue weighted by Gasteiger charge is 2.22. The molecule has 0 aliphatic heterocycles. The fraction of sp³-hybridized carbons (Fsp3) is 0.467. The van der Waals surface area contributed by atoms with Crippen molar-refractivity contribution in [2.75, 3.05) is 7.11 Å². The Labute approximate surface area is 113 Å². The topological polar surface area (TPSA) is 39.9 Å². The number of nitrogens with zero attached hydrogens (tertiary/aromatic N) is 3. The monoisotopic (exact) mass is 257 g/mol. The van der Waals surface area contributed by atoms with Gasteiger partial charge in [-0.3, -0.25) is 0 Å². The van der Waals surface area contributed by atoms with Crippen molar-refractivity contribution in [3.05, 3.63) is 30.1 Å². The van der Waals surface area contributed by atoms with Crippen LogP contribution < -0.4 is 4.74 Å². The number of ether oxygens (including phenoxy) is 1. The number of hydrogen-bond acceptors (Lipinski definition) is 3. The van der Waals surface area contributed by atoms with Gasteiger partial charge in [-0.25, -0.2) is 9.67 Å². The molecule has 1 saturated carbocycles. The van der Waals surface area contributed by atoms with Gasteiger partial charge in [0.05, 0.1) is 13.2 Å². The minimum atomic E-state index is 0.512. The van der Waals surface area contributed by atoms with Gasteiger partial charge in [-0.15, -0.1) is 0 Å². The van der Waals surface area contributed by atoms with Crippen LogP contribution >= 0.6 is 0 Å². The average Bonchev–Trinajstić information content (AvgIpc) is 3.07. The van der Waals surface area contributed by atoms with Gasteiger partial charge in [0.25, 0.3) is 0 Å². The van der Waals surface area contributed by atoms with Gasteiger partial charge >= 0.3 is 0 Å². The Hall–Kier alpha value is -1.84. The van der Waals surface area contributed by atoms with Crippen LogP contribution in [0.5, 0.6) is 5.75 Å². The summed E-state index contributed by atoms with van der Waals surface area (Å²) in [5, 5.41) is 4.59. The van der Waals surface area contributed by atoms with Gasteiger partial charge in [-0.2, -0.15) is 5.10 Å². The number of aromatic nitrogens is 3. The summed E-state index contributed by atoms with van der Waals surface area (Å²) in [4.78, 5) is 4.59. The lowest BCUT2D eigenvalue weighted by Gasteiger charge is -2.12. The summed E-state index contributed by atoms with van der Waals surface area (Å²) in [6, 6.07) is 8.55. The standard InChI is InChI=1S/C15H19N3O/c1-11-16-15(12-7-9-14(19-2)10-8-12)18(17-11)13-5-3-4-6-13/h7-10,13H,3-6H2,1-2H3. The third-order valence-corrected chi connectivity index (χ3v) is 3.76. The van der Waals surface area contributed by atoms with E-state index in [0.29, 0.717) is 6.04 Å². The number of hydrogen-bond donors (Lipinski definition) is 0. The van der Waals surface area contributed by atoms with Gasteiger partial charge in [0, 0.05) is 5.56 Å². The van der Waals surface area contributed by atoms with E-state index in [1.165, 1.54) is 25.7 Å². The first-order chi connectivity index (χ1) is 9.28. The fourth-order valence-electron chi connectivity index (χ4n) is 2.77. The van der Waals surface area contributed by atoms with E-state index >= 15 is 0 Å². The van der Waals surface area contributed by atoms with Crippen LogP contribution in [0.25, 0.3) is 11.4 Å². The highest BCUT2D eigenvalue weighted by atomic mass is 16.5. The van der Waals surface area contributed by atoms with E-state index in [9.17, 15) is 0 Å². The van der Waals surface area contributed by atoms with E-state index in [-0.39, 0.29) is 0 Å². The van der Waals surface area contributed by atoms with Crippen molar-refractivity contribution < 1.29 is 4.74 Å². The summed E-state index contributed by atoms with van der Waals surface area (Å²) >= 11 is 0. The van der Waals surface area contributed by atoms with E-state index < -0.39 is 0 Å². The molecule has 2 aromatic rings. The summed E-state index contributed by atoms with van der Waals surface area (Å²) in [5.74, 6) is 2.69. The molecule has 0 atom stereocenters. The Kier molecular flexibility index (Phi) is 3.23. The number of methoxy groups -OCH3 is 1. The van der Waals surface area contributed by atoms with Crippen molar-refractivity contribution in [3.63, 3.8) is 0 Å². The van der Waals surface area contributed by atoms with Crippen LogP contribution in [0.3, 0.4) is 0 Å². The van der Waals surface area contributed by atoms with E-state index in [1.54, 1.807) is 7.11 Å². The quantitative estimate of drug-likeness (QED) is 0.846. The van der Waals surface area contributed by atoms with Crippen LogP contribution in [-0.4, -0.2) is 21.9 Å². The largest absolute Gasteiger partial charge is 0.497 e. The lowest BCUT2D eigenvalue weighted by Crippen LogP contribution is -2.08. The molecule has 0 amide bonds. The van der Waals surface area contributed by atoms with Gasteiger partial charge in [0.2, 0.25) is 0 Å². The van der Waals surface area contributed by atoms with Crippen molar-refractivity contribution in [2.24, 2.45) is 0 Å². The minimum Gasteiger partial charge on any atom is -0.497 e. The molecule has 0 spiro atoms. The van der Waals surface area contributed by atoms with Gasteiger partial charge in [0.1, 0.15) is 11.6 Å². The molecular weight excluding hydrogens is 238 g/mol. The van der Waals surface area contributed by atoms with E-state index in [0.717, 1.165) is 23.0 Å². The van der Waals surface area contributed by atoms with Crippen LogP contribution in [-0.2, 0) is 0 Å². The molecule has 1 aromatic heterocycles. The third kappa shape index (κ3) is 2.35. The third-order valence-electron chi connectivity index (χ3n) is 3.76. The molecule has 19 heavy (non-hydrogen) atoms. The molecule has 0 N–H and O–H groups in total. The maximum atomic E-state index is 5.20. The van der Waals surface area contributed by atoms with Crippen molar-refractivity contribution in [3.8, 4) is 17.1 Å². The molecule has 0 saturated heterocycles. The van der Waals surface area contributed by atoms with Crippen molar-refractivity contribution in [1.29, 1.82) is 0 Å². The molecular formula is C15H19N3O. The summed E-state index contributed by atoms with van der Waals surface area (Å²) in [6.45, 7) is 1.96. The first-order valence-corrected chi connectivity index (χ1v) is 6.85. The normalized spacial score (nSPS) is 15.9. The molecule has 100 valence electrons. The second kappa shape index (κ2) is 5.03. The van der Waals surface area contributed by atoms with Gasteiger partial charge in [-0.1, -0.05) is 12.8 Å². The SMILES string of the molecule is COc1ccc(-c2nc(C)nn2C2CCCC2)cc1. The lowest BCUT2D eigenvalue weighted by atomic mass is 10.2. The molecule has 0 radical (unpaired) electrons. The molecule has 1 fully saturated rings. The predicted molar refractivity (Wildman–Crippen MR) is 74.3 cm³/mol. The summed E-state index contributed by atoms with van der Waals surface area (Å²) in [6.07, 6.45) is 5.02. The second-order valence-corrected chi connectivity index (χ2v) is 5.09. The zero-order valence-corrected chi connectivity index (χ0v) is 11.5. The van der Waals surface area contributed by atoms with Crippen molar-refractivity contribution in [1.82, 2.24) is 14.8 Å². The van der Waals surface area contributed by atoms with E-state index in [2.05, 4.69) is 14.8 Å². The van der Waals surface area contributed by atoms with Crippen LogP contribution in [0, 0.1) is 6.92 Å². The van der Waals surface area contributed by atoms with Gasteiger partial charge < -0.3 is 4.74 Å². The first kappa shape index (κ1) is 12.2. The lowest BCUT2D eigenvalue weighted by molar-refractivity contribution is 0.415. The van der Waals surface area contributed by atoms with Crippen LogP contribution in [0.15, 0.2) is 24.3 Å². The summed E-state index contributed by atoms with van der Waals surface area (Å²) < 4.78 is 7.31. The number of rotatable bonds is 3. The Morgan fingerprint density at radius 1 is 1.16 bits per heavy atom. The fourth-order valence-corrected chi connectivity index (χ4v) is 2.77. The number of aryl methyl sites for hydroxylation is 1. The molecule has 1 aliphatic carbocycles. The summed E-state index contributed by atoms with van der Waals surface area (Å²) in [5.41, 5.74) is 1.10. The molecule has 0 bridgehead atoms. The van der Waals surface area contributed by atoms with Crippen LogP contribution in [0.2, 0.25) is 0 Å². The first-order valence-electron chi connectivity index (χ1n) is 6.85. The Morgan fingerprint density at radius 3 is 2.47 bits per heavy atom. The van der Waals surface area contributed by atoms with E-state index in [1.807, 2.05) is 31.2 Å². The zero-order valence-electron chi connectivity index (χ0n) is 11.5. The molecule has 4 heteroatoms. The molecule has 4 nitrogen and oxygen atoms in total. The highest BCUT2D eigenvalue weighted by molar-refractivity contribution is 5.56. The number of benzene rings is 1. The Bertz CT molecular complexity index is 553. The molecule has 1 aromatic carbocycles. The maximum absolute atomic E-state index is 5.20. The van der Waals surface area contributed by atoms with E-state index in [4.69, 9.17) is 4.74 Å². The highest BCUT2D eigenvalue weighted by Crippen LogP contribution is 2.32. The molecule has 1 heterocycles. The smallest absolute Gasteiger partial charge is 0.158 e. The Morgan fingerprint density at radius 2 is 1.84 bits per heavy atom. The Balaban J connectivity index is 1.98. The molecule has 3 rings (SSSR count). The predicted octanol–water partition coefficient (Wildman–Crippen LogP) is 3.38. The summed E-state index contributed by atoms with van der Waals surface area (Å²) in [7, 11) is 1.68. The molecule has 1 aliphatic rings.